The van der Waals surface area contributed by atoms with E-state index in [1.807, 2.05) is 18.2 Å². The summed E-state index contributed by atoms with van der Waals surface area (Å²) >= 11 is 0. The van der Waals surface area contributed by atoms with Gasteiger partial charge in [-0.25, -0.2) is 4.79 Å². The van der Waals surface area contributed by atoms with Crippen LogP contribution < -0.4 is 0 Å². The minimum Gasteiger partial charge on any atom is 0 e. The molecule has 8 nitrogen and oxygen atoms in total. The van der Waals surface area contributed by atoms with Gasteiger partial charge in [-0.2, -0.15) is 10.2 Å². The first-order valence-electron chi connectivity index (χ1n) is 6.32. The first-order chi connectivity index (χ1) is 11.2. The van der Waals surface area contributed by atoms with E-state index in [1.54, 1.807) is 14.0 Å². The second kappa shape index (κ2) is 16.0. The van der Waals surface area contributed by atoms with E-state index >= 15 is 0 Å². The van der Waals surface area contributed by atoms with Gasteiger partial charge in [0.1, 0.15) is 11.3 Å². The Labute approximate surface area is 151 Å². The van der Waals surface area contributed by atoms with Gasteiger partial charge in [-0.3, -0.25) is 0 Å². The second-order valence-electron chi connectivity index (χ2n) is 4.14. The fraction of sp³-hybridized carbons (Fsp3) is 0.467. The van der Waals surface area contributed by atoms with Crippen molar-refractivity contribution >= 4 is 5.97 Å². The number of esters is 1. The van der Waals surface area contributed by atoms with Crippen molar-refractivity contribution in [3.63, 3.8) is 0 Å². The molecule has 1 aliphatic carbocycles. The molecule has 0 fully saturated rings. The first kappa shape index (κ1) is 27.0. The summed E-state index contributed by atoms with van der Waals surface area (Å²) in [6.45, 7) is 15.7. The molecule has 0 N–H and O–H groups in total. The van der Waals surface area contributed by atoms with Crippen LogP contribution in [-0.2, 0) is 45.3 Å². The summed E-state index contributed by atoms with van der Waals surface area (Å²) in [5.41, 5.74) is -0.376. The average Bonchev–Trinajstić information content (AvgIpc) is 3.05. The molecular formula is C15H16FeN2O6. The average molecular weight is 376 g/mol. The molecule has 2 rings (SSSR count). The van der Waals surface area contributed by atoms with Crippen LogP contribution in [0.2, 0.25) is 0 Å². The van der Waals surface area contributed by atoms with Crippen molar-refractivity contribution < 1.29 is 45.3 Å². The van der Waals surface area contributed by atoms with Gasteiger partial charge in [0.2, 0.25) is 0 Å². The summed E-state index contributed by atoms with van der Waals surface area (Å²) < 4.78 is 32.6. The minimum absolute atomic E-state index is 0. The third-order valence-corrected chi connectivity index (χ3v) is 2.95. The predicted molar refractivity (Wildman–Crippen MR) is 73.3 cm³/mol. The molecule has 24 heavy (non-hydrogen) atoms. The smallest absolute Gasteiger partial charge is 0 e. The third-order valence-electron chi connectivity index (χ3n) is 2.95. The van der Waals surface area contributed by atoms with Crippen molar-refractivity contribution in [2.45, 2.75) is 31.3 Å². The number of methoxy groups -OCH3 is 1. The zero-order valence-corrected chi connectivity index (χ0v) is 14.2. The summed E-state index contributed by atoms with van der Waals surface area (Å²) in [5, 5.41) is 8.23. The Kier molecular flexibility index (Phi) is 17.9. The molecule has 0 bridgehead atoms. The van der Waals surface area contributed by atoms with E-state index in [1.165, 1.54) is 0 Å². The Morgan fingerprint density at radius 2 is 1.92 bits per heavy atom. The van der Waals surface area contributed by atoms with E-state index in [0.717, 1.165) is 5.76 Å². The molecule has 0 unspecified atom stereocenters. The van der Waals surface area contributed by atoms with Crippen LogP contribution in [0.15, 0.2) is 34.2 Å². The monoisotopic (exact) mass is 376 g/mol. The second-order valence-corrected chi connectivity index (χ2v) is 4.14. The fourth-order valence-corrected chi connectivity index (χ4v) is 2.00. The van der Waals surface area contributed by atoms with Gasteiger partial charge in [-0.1, -0.05) is 6.08 Å². The van der Waals surface area contributed by atoms with Gasteiger partial charge in [0.05, 0.1) is 13.7 Å². The van der Waals surface area contributed by atoms with Gasteiger partial charge < -0.3 is 9.47 Å². The Morgan fingerprint density at radius 3 is 2.33 bits per heavy atom. The van der Waals surface area contributed by atoms with Crippen LogP contribution in [0.5, 0.6) is 0 Å². The maximum absolute atomic E-state index is 11.6. The first-order valence-corrected chi connectivity index (χ1v) is 6.32. The van der Waals surface area contributed by atoms with Crippen LogP contribution >= 0.6 is 0 Å². The zero-order chi connectivity index (χ0) is 18.3. The number of azo groups is 1. The largest absolute Gasteiger partial charge is 0 e. The summed E-state index contributed by atoms with van der Waals surface area (Å²) in [4.78, 5) is 11.6. The third kappa shape index (κ3) is 8.09. The van der Waals surface area contributed by atoms with E-state index in [2.05, 4.69) is 30.2 Å². The van der Waals surface area contributed by atoms with Crippen LogP contribution in [0.1, 0.15) is 19.8 Å². The minimum atomic E-state index is -0.461. The van der Waals surface area contributed by atoms with Gasteiger partial charge in [0, 0.05) is 23.5 Å². The van der Waals surface area contributed by atoms with E-state index in [-0.39, 0.29) is 28.6 Å². The summed E-state index contributed by atoms with van der Waals surface area (Å²) in [6, 6.07) is -0.461. The molecule has 0 saturated carbocycles. The number of nitrogens with zero attached hydrogens (tertiary/aromatic N) is 2. The Balaban J connectivity index is -0.000000569. The Bertz CT molecular complexity index is 510. The number of rotatable bonds is 3. The van der Waals surface area contributed by atoms with Crippen molar-refractivity contribution in [2.24, 2.45) is 10.2 Å². The zero-order valence-electron chi connectivity index (χ0n) is 13.1. The van der Waals surface area contributed by atoms with Crippen molar-refractivity contribution in [3.05, 3.63) is 43.9 Å². The Morgan fingerprint density at radius 1 is 1.33 bits per heavy atom. The normalized spacial score (nSPS) is 21.8. The number of hydrogen-bond donors (Lipinski definition) is 0. The van der Waals surface area contributed by atoms with Crippen molar-refractivity contribution in [1.82, 2.24) is 0 Å². The molecule has 0 aromatic carbocycles. The number of hydrogen-bond acceptors (Lipinski definition) is 5. The Hall–Kier alpha value is -1.91. The molecule has 130 valence electrons. The van der Waals surface area contributed by atoms with Crippen LogP contribution in [0.4, 0.5) is 0 Å². The van der Waals surface area contributed by atoms with Crippen molar-refractivity contribution in [1.29, 1.82) is 0 Å². The molecule has 0 aromatic heterocycles. The predicted octanol–water partition coefficient (Wildman–Crippen LogP) is 1.89. The molecule has 2 aliphatic rings. The number of carbonyl (C=O) groups excluding carboxylic acids is 1. The molecule has 0 saturated heterocycles. The molecule has 1 spiro atoms. The summed E-state index contributed by atoms with van der Waals surface area (Å²) in [6.07, 6.45) is 7.08. The molecule has 1 heterocycles. The molecule has 2 atom stereocenters. The van der Waals surface area contributed by atoms with Gasteiger partial charge >= 0.3 is 39.9 Å². The maximum atomic E-state index is 11.6. The summed E-state index contributed by atoms with van der Waals surface area (Å²) in [7, 11) is 1.63. The molecule has 0 amide bonds. The molecule has 1 aliphatic heterocycles. The number of ether oxygens (including phenoxy) is 2. The fourth-order valence-electron chi connectivity index (χ4n) is 2.00. The van der Waals surface area contributed by atoms with Crippen LogP contribution in [-0.4, -0.2) is 31.3 Å². The van der Waals surface area contributed by atoms with E-state index < -0.39 is 6.04 Å². The van der Waals surface area contributed by atoms with Gasteiger partial charge in [-0.15, -0.1) is 0 Å². The van der Waals surface area contributed by atoms with Crippen LogP contribution in [0.25, 0.3) is 0 Å². The van der Waals surface area contributed by atoms with Crippen LogP contribution in [0, 0.1) is 20.0 Å². The molecule has 9 heteroatoms. The van der Waals surface area contributed by atoms with Crippen molar-refractivity contribution in [3.8, 4) is 0 Å². The topological polar surface area (TPSA) is 120 Å². The number of allylic oxidation sites excluding steroid dienone is 1. The van der Waals surface area contributed by atoms with Gasteiger partial charge in [-0.05, 0) is 25.5 Å². The SMILES string of the molecule is CCOC(=O)[C@@H]1C[C@@]2(C=CC(OC)=CC2)N=N1.[C-]#[O+].[C-]#[O+].[C-]#[O+].[Fe]. The number of carbonyl (C=O) groups is 1. The standard InChI is InChI=1S/C12H16N2O3.3CO.Fe/c1-3-17-11(15)10-8-12(14-13-10)6-4-9(16-2)5-7-12;3*1-2;/h4-6,10H,3,7-8H2,1-2H3;;;;/t10-,12-;;;;/m0..../s1. The van der Waals surface area contributed by atoms with E-state index in [4.69, 9.17) is 23.4 Å². The maximum Gasteiger partial charge on any atom is 0 e. The summed E-state index contributed by atoms with van der Waals surface area (Å²) in [5.74, 6) is 0.536. The van der Waals surface area contributed by atoms with Gasteiger partial charge in [0.25, 0.3) is 0 Å². The van der Waals surface area contributed by atoms with Crippen molar-refractivity contribution in [2.75, 3.05) is 13.7 Å². The molecule has 0 aromatic rings. The molecular weight excluding hydrogens is 360 g/mol. The van der Waals surface area contributed by atoms with E-state index in [0.29, 0.717) is 19.4 Å². The van der Waals surface area contributed by atoms with Gasteiger partial charge in [0.15, 0.2) is 6.04 Å². The van der Waals surface area contributed by atoms with Crippen LogP contribution in [0.3, 0.4) is 0 Å². The van der Waals surface area contributed by atoms with E-state index in [9.17, 15) is 4.79 Å². The quantitative estimate of drug-likeness (QED) is 0.324. The molecule has 0 radical (unpaired) electrons.